The minimum atomic E-state index is -3.64. The fourth-order valence-electron chi connectivity index (χ4n) is 4.11. The Morgan fingerprint density at radius 1 is 1.23 bits per heavy atom. The molecule has 0 bridgehead atoms. The number of nitrogens with zero attached hydrogens (tertiary/aromatic N) is 3. The van der Waals surface area contributed by atoms with E-state index in [2.05, 4.69) is 20.0 Å². The molecule has 0 saturated carbocycles. The quantitative estimate of drug-likeness (QED) is 0.365. The first-order chi connectivity index (χ1) is 16.4. The Morgan fingerprint density at radius 3 is 2.71 bits per heavy atom. The molecule has 0 unspecified atom stereocenters. The van der Waals surface area contributed by atoms with Crippen LogP contribution in [0.5, 0.6) is 0 Å². The lowest BCUT2D eigenvalue weighted by Crippen LogP contribution is -2.27. The minimum absolute atomic E-state index is 0. The summed E-state index contributed by atoms with van der Waals surface area (Å²) in [5.41, 5.74) is 6.91. The van der Waals surface area contributed by atoms with Crippen molar-refractivity contribution in [3.8, 4) is 21.8 Å². The molecule has 1 aliphatic heterocycles. The molecule has 0 radical (unpaired) electrons. The molecule has 0 amide bonds. The van der Waals surface area contributed by atoms with Crippen LogP contribution < -0.4 is 15.8 Å². The van der Waals surface area contributed by atoms with Gasteiger partial charge < -0.3 is 11.1 Å². The van der Waals surface area contributed by atoms with Gasteiger partial charge in [0.2, 0.25) is 16.0 Å². The molecule has 35 heavy (non-hydrogen) atoms. The third kappa shape index (κ3) is 6.87. The van der Waals surface area contributed by atoms with Crippen LogP contribution in [0, 0.1) is 11.7 Å². The second-order valence-electron chi connectivity index (χ2n) is 8.41. The number of nitrogen functional groups attached to an aromatic ring is 1. The first kappa shape index (κ1) is 27.3. The average Bonchev–Trinajstić information content (AvgIpc) is 3.24. The van der Waals surface area contributed by atoms with Gasteiger partial charge in [-0.25, -0.2) is 27.8 Å². The summed E-state index contributed by atoms with van der Waals surface area (Å²) in [4.78, 5) is 13.8. The Kier molecular flexibility index (Phi) is 9.40. The summed E-state index contributed by atoms with van der Waals surface area (Å²) in [6.07, 6.45) is 6.07. The zero-order valence-corrected chi connectivity index (χ0v) is 21.9. The number of anilines is 2. The summed E-state index contributed by atoms with van der Waals surface area (Å²) in [5, 5.41) is 4.27. The van der Waals surface area contributed by atoms with E-state index in [1.165, 1.54) is 17.4 Å². The van der Waals surface area contributed by atoms with Gasteiger partial charge in [-0.15, -0.1) is 23.7 Å². The SMILES string of the molecule is CCCS(=O)(=O)Nc1cccc(-c2nc(CCC3CCNCC3)sc2-c2ccnc(N)n2)c1F.Cl. The maximum Gasteiger partial charge on any atom is 0.232 e. The lowest BCUT2D eigenvalue weighted by molar-refractivity contribution is 0.354. The van der Waals surface area contributed by atoms with Gasteiger partial charge in [0, 0.05) is 11.8 Å². The van der Waals surface area contributed by atoms with Crippen molar-refractivity contribution in [3.05, 3.63) is 41.3 Å². The van der Waals surface area contributed by atoms with Crippen LogP contribution in [0.2, 0.25) is 0 Å². The molecule has 4 N–H and O–H groups in total. The summed E-state index contributed by atoms with van der Waals surface area (Å²) in [6.45, 7) is 3.82. The summed E-state index contributed by atoms with van der Waals surface area (Å²) >= 11 is 1.46. The van der Waals surface area contributed by atoms with Crippen molar-refractivity contribution in [2.75, 3.05) is 29.3 Å². The van der Waals surface area contributed by atoms with E-state index in [1.807, 2.05) is 0 Å². The average molecular weight is 541 g/mol. The van der Waals surface area contributed by atoms with E-state index in [9.17, 15) is 8.42 Å². The van der Waals surface area contributed by atoms with Crippen molar-refractivity contribution >= 4 is 45.4 Å². The van der Waals surface area contributed by atoms with Gasteiger partial charge in [0.15, 0.2) is 5.82 Å². The van der Waals surface area contributed by atoms with E-state index in [1.54, 1.807) is 31.3 Å². The number of nitrogens with two attached hydrogens (primary N) is 1. The van der Waals surface area contributed by atoms with Crippen molar-refractivity contribution in [1.29, 1.82) is 0 Å². The Hall–Kier alpha value is -2.34. The molecule has 4 rings (SSSR count). The largest absolute Gasteiger partial charge is 0.368 e. The summed E-state index contributed by atoms with van der Waals surface area (Å²) in [7, 11) is -3.64. The van der Waals surface area contributed by atoms with Gasteiger partial charge >= 0.3 is 0 Å². The molecule has 0 spiro atoms. The number of sulfonamides is 1. The van der Waals surface area contributed by atoms with Gasteiger partial charge in [0.05, 0.1) is 32.7 Å². The zero-order valence-electron chi connectivity index (χ0n) is 19.5. The number of aromatic nitrogens is 3. The number of halogens is 2. The molecule has 2 aromatic heterocycles. The Bertz CT molecular complexity index is 1250. The Balaban J connectivity index is 0.00000342. The predicted octanol–water partition coefficient (Wildman–Crippen LogP) is 4.49. The number of benzene rings is 1. The number of nitrogens with one attached hydrogen (secondary N) is 2. The fourth-order valence-corrected chi connectivity index (χ4v) is 6.30. The number of piperidine rings is 1. The molecule has 3 aromatic rings. The molecule has 1 aliphatic rings. The van der Waals surface area contributed by atoms with E-state index < -0.39 is 15.8 Å². The number of rotatable bonds is 9. The molecule has 1 aromatic carbocycles. The smallest absolute Gasteiger partial charge is 0.232 e. The molecule has 190 valence electrons. The van der Waals surface area contributed by atoms with Gasteiger partial charge in [-0.2, -0.15) is 0 Å². The number of aryl methyl sites for hydroxylation is 1. The molecule has 12 heteroatoms. The van der Waals surface area contributed by atoms with E-state index in [4.69, 9.17) is 10.7 Å². The highest BCUT2D eigenvalue weighted by Crippen LogP contribution is 2.39. The molecule has 0 aliphatic carbocycles. The Morgan fingerprint density at radius 2 is 2.00 bits per heavy atom. The summed E-state index contributed by atoms with van der Waals surface area (Å²) in [5.74, 6) is 0.00902. The molecular formula is C23H30ClFN6O2S2. The molecule has 8 nitrogen and oxygen atoms in total. The fraction of sp³-hybridized carbons (Fsp3) is 0.435. The van der Waals surface area contributed by atoms with Gasteiger partial charge in [-0.05, 0) is 69.3 Å². The lowest BCUT2D eigenvalue weighted by atomic mass is 9.93. The van der Waals surface area contributed by atoms with Crippen molar-refractivity contribution in [3.63, 3.8) is 0 Å². The molecular weight excluding hydrogens is 511 g/mol. The number of hydrogen-bond acceptors (Lipinski definition) is 8. The van der Waals surface area contributed by atoms with Crippen molar-refractivity contribution < 1.29 is 12.8 Å². The van der Waals surface area contributed by atoms with Crippen molar-refractivity contribution in [2.24, 2.45) is 5.92 Å². The first-order valence-corrected chi connectivity index (χ1v) is 13.9. The highest BCUT2D eigenvalue weighted by Gasteiger charge is 2.23. The van der Waals surface area contributed by atoms with E-state index >= 15 is 4.39 Å². The molecule has 3 heterocycles. The van der Waals surface area contributed by atoms with Crippen LogP contribution in [0.3, 0.4) is 0 Å². The van der Waals surface area contributed by atoms with Crippen LogP contribution in [0.15, 0.2) is 30.5 Å². The van der Waals surface area contributed by atoms with Crippen LogP contribution in [0.25, 0.3) is 21.8 Å². The second-order valence-corrected chi connectivity index (χ2v) is 11.3. The van der Waals surface area contributed by atoms with Gasteiger partial charge in [-0.3, -0.25) is 4.72 Å². The van der Waals surface area contributed by atoms with Crippen LogP contribution in [0.4, 0.5) is 16.0 Å². The van der Waals surface area contributed by atoms with Gasteiger partial charge in [-0.1, -0.05) is 13.0 Å². The maximum absolute atomic E-state index is 15.6. The van der Waals surface area contributed by atoms with Gasteiger partial charge in [0.1, 0.15) is 0 Å². The summed E-state index contributed by atoms with van der Waals surface area (Å²) in [6, 6.07) is 6.36. The molecule has 1 fully saturated rings. The van der Waals surface area contributed by atoms with E-state index in [0.29, 0.717) is 28.6 Å². The lowest BCUT2D eigenvalue weighted by Gasteiger charge is -2.21. The maximum atomic E-state index is 15.6. The van der Waals surface area contributed by atoms with E-state index in [-0.39, 0.29) is 35.4 Å². The van der Waals surface area contributed by atoms with Crippen LogP contribution in [0.1, 0.15) is 37.6 Å². The molecule has 1 saturated heterocycles. The molecule has 0 atom stereocenters. The van der Waals surface area contributed by atoms with Crippen LogP contribution >= 0.6 is 23.7 Å². The first-order valence-electron chi connectivity index (χ1n) is 11.4. The Labute approximate surface area is 215 Å². The second kappa shape index (κ2) is 12.1. The van der Waals surface area contributed by atoms with Gasteiger partial charge in [0.25, 0.3) is 0 Å². The summed E-state index contributed by atoms with van der Waals surface area (Å²) < 4.78 is 42.4. The number of hydrogen-bond donors (Lipinski definition) is 3. The normalized spacial score (nSPS) is 14.5. The topological polar surface area (TPSA) is 123 Å². The van der Waals surface area contributed by atoms with Crippen LogP contribution in [-0.4, -0.2) is 42.2 Å². The van der Waals surface area contributed by atoms with E-state index in [0.717, 1.165) is 43.8 Å². The van der Waals surface area contributed by atoms with Crippen LogP contribution in [-0.2, 0) is 16.4 Å². The standard InChI is InChI=1S/C23H29FN6O2S2.ClH/c1-2-14-34(31,32)30-17-5-3-4-16(20(17)24)21-22(18-10-13-27-23(25)28-18)33-19(29-21)7-6-15-8-11-26-12-9-15;/h3-5,10,13,15,26,30H,2,6-9,11-12,14H2,1H3,(H2,25,27,28);1H. The number of thiazole rings is 1. The zero-order chi connectivity index (χ0) is 24.1. The highest BCUT2D eigenvalue weighted by atomic mass is 35.5. The monoisotopic (exact) mass is 540 g/mol. The minimum Gasteiger partial charge on any atom is -0.368 e. The van der Waals surface area contributed by atoms with Crippen molar-refractivity contribution in [2.45, 2.75) is 39.0 Å². The highest BCUT2D eigenvalue weighted by molar-refractivity contribution is 7.92. The predicted molar refractivity (Wildman–Crippen MR) is 142 cm³/mol. The van der Waals surface area contributed by atoms with Crippen molar-refractivity contribution in [1.82, 2.24) is 20.3 Å². The third-order valence-electron chi connectivity index (χ3n) is 5.80. The third-order valence-corrected chi connectivity index (χ3v) is 8.41.